The van der Waals surface area contributed by atoms with Crippen molar-refractivity contribution in [2.75, 3.05) is 5.32 Å². The molecule has 0 heterocycles. The Labute approximate surface area is 118 Å². The summed E-state index contributed by atoms with van der Waals surface area (Å²) >= 11 is 9.15. The van der Waals surface area contributed by atoms with E-state index < -0.39 is 5.82 Å². The highest BCUT2D eigenvalue weighted by atomic mass is 79.9. The van der Waals surface area contributed by atoms with Crippen molar-refractivity contribution >= 4 is 39.1 Å². The highest BCUT2D eigenvalue weighted by Gasteiger charge is 2.48. The van der Waals surface area contributed by atoms with Gasteiger partial charge in [-0.1, -0.05) is 11.6 Å². The van der Waals surface area contributed by atoms with Crippen molar-refractivity contribution in [1.29, 1.82) is 0 Å². The predicted molar refractivity (Wildman–Crippen MR) is 72.1 cm³/mol. The number of carbonyl (C=O) groups excluding carboxylic acids is 1. The van der Waals surface area contributed by atoms with E-state index in [1.54, 1.807) is 0 Å². The third-order valence-electron chi connectivity index (χ3n) is 3.87. The lowest BCUT2D eigenvalue weighted by atomic mass is 10.0. The minimum absolute atomic E-state index is 0.00333. The molecule has 0 bridgehead atoms. The van der Waals surface area contributed by atoms with E-state index in [4.69, 9.17) is 11.6 Å². The van der Waals surface area contributed by atoms with Crippen LogP contribution in [0.3, 0.4) is 0 Å². The summed E-state index contributed by atoms with van der Waals surface area (Å²) in [6.07, 6.45) is 3.24. The Balaban J connectivity index is 1.74. The van der Waals surface area contributed by atoms with Crippen LogP contribution in [0.15, 0.2) is 16.6 Å². The molecule has 2 aliphatic carbocycles. The molecule has 2 aliphatic rings. The summed E-state index contributed by atoms with van der Waals surface area (Å²) in [6, 6.07) is 2.50. The van der Waals surface area contributed by atoms with Crippen LogP contribution < -0.4 is 5.32 Å². The maximum Gasteiger partial charge on any atom is 0.227 e. The Hall–Kier alpha value is -0.610. The molecule has 1 amide bonds. The highest BCUT2D eigenvalue weighted by Crippen LogP contribution is 2.54. The molecule has 96 valence electrons. The Morgan fingerprint density at radius 3 is 2.61 bits per heavy atom. The summed E-state index contributed by atoms with van der Waals surface area (Å²) in [4.78, 5) is 12.1. The summed E-state index contributed by atoms with van der Waals surface area (Å²) in [6.45, 7) is 0. The number of halogens is 3. The number of hydrogen-bond donors (Lipinski definition) is 1. The first-order valence-electron chi connectivity index (χ1n) is 6.00. The van der Waals surface area contributed by atoms with Gasteiger partial charge in [-0.2, -0.15) is 0 Å². The normalized spacial score (nSPS) is 28.9. The van der Waals surface area contributed by atoms with Crippen LogP contribution in [0, 0.1) is 23.6 Å². The molecular formula is C13H12BrClFNO. The zero-order chi connectivity index (χ0) is 12.9. The quantitative estimate of drug-likeness (QED) is 0.863. The predicted octanol–water partition coefficient (Wildman–Crippen LogP) is 4.23. The maximum absolute atomic E-state index is 13.1. The summed E-state index contributed by atoms with van der Waals surface area (Å²) in [5, 5.41) is 3.03. The molecule has 1 aromatic carbocycles. The number of rotatable bonds is 2. The molecule has 2 unspecified atom stereocenters. The van der Waals surface area contributed by atoms with Gasteiger partial charge in [-0.15, -0.1) is 0 Å². The van der Waals surface area contributed by atoms with E-state index in [1.807, 2.05) is 0 Å². The van der Waals surface area contributed by atoms with Gasteiger partial charge in [0.15, 0.2) is 0 Å². The minimum Gasteiger partial charge on any atom is -0.324 e. The lowest BCUT2D eigenvalue weighted by Gasteiger charge is -2.14. The first-order valence-corrected chi connectivity index (χ1v) is 7.17. The molecule has 1 aromatic rings. The number of nitrogens with one attached hydrogen (secondary N) is 1. The van der Waals surface area contributed by atoms with Gasteiger partial charge in [-0.25, -0.2) is 4.39 Å². The highest BCUT2D eigenvalue weighted by molar-refractivity contribution is 9.10. The average molecular weight is 333 g/mol. The molecule has 0 saturated heterocycles. The van der Waals surface area contributed by atoms with E-state index in [1.165, 1.54) is 18.6 Å². The molecule has 0 aromatic heterocycles. The largest absolute Gasteiger partial charge is 0.324 e. The fourth-order valence-corrected chi connectivity index (χ4v) is 3.71. The summed E-state index contributed by atoms with van der Waals surface area (Å²) in [5.74, 6) is 1.17. The molecule has 2 fully saturated rings. The van der Waals surface area contributed by atoms with Gasteiger partial charge in [0.2, 0.25) is 5.91 Å². The fraction of sp³-hybridized carbons (Fsp3) is 0.462. The van der Waals surface area contributed by atoms with Gasteiger partial charge in [-0.05, 0) is 59.2 Å². The molecule has 1 N–H and O–H groups in total. The molecule has 0 aliphatic heterocycles. The van der Waals surface area contributed by atoms with Gasteiger partial charge in [0.25, 0.3) is 0 Å². The van der Waals surface area contributed by atoms with Crippen molar-refractivity contribution in [3.8, 4) is 0 Å². The Kier molecular flexibility index (Phi) is 3.10. The molecule has 0 spiro atoms. The van der Waals surface area contributed by atoms with E-state index >= 15 is 0 Å². The van der Waals surface area contributed by atoms with Gasteiger partial charge < -0.3 is 5.32 Å². The lowest BCUT2D eigenvalue weighted by Crippen LogP contribution is -2.22. The van der Waals surface area contributed by atoms with Crippen LogP contribution in [0.25, 0.3) is 0 Å². The number of anilines is 1. The van der Waals surface area contributed by atoms with Crippen molar-refractivity contribution in [2.24, 2.45) is 17.8 Å². The number of benzene rings is 1. The number of amides is 1. The van der Waals surface area contributed by atoms with Crippen LogP contribution in [0.4, 0.5) is 10.1 Å². The molecule has 2 atom stereocenters. The van der Waals surface area contributed by atoms with Crippen LogP contribution in [-0.2, 0) is 4.79 Å². The molecule has 2 nitrogen and oxygen atoms in total. The van der Waals surface area contributed by atoms with Gasteiger partial charge in [0.05, 0.1) is 10.7 Å². The van der Waals surface area contributed by atoms with Crippen molar-refractivity contribution in [1.82, 2.24) is 0 Å². The molecule has 18 heavy (non-hydrogen) atoms. The van der Waals surface area contributed by atoms with Gasteiger partial charge in [-0.3, -0.25) is 4.79 Å². The molecule has 5 heteroatoms. The SMILES string of the molecule is O=C(Nc1c(Cl)cc(F)cc1Br)C1CC2CC2C1. The summed E-state index contributed by atoms with van der Waals surface area (Å²) in [7, 11) is 0. The Morgan fingerprint density at radius 1 is 1.33 bits per heavy atom. The van der Waals surface area contributed by atoms with Crippen LogP contribution in [0.2, 0.25) is 5.02 Å². The van der Waals surface area contributed by atoms with Crippen molar-refractivity contribution in [3.63, 3.8) is 0 Å². The minimum atomic E-state index is -0.424. The zero-order valence-electron chi connectivity index (χ0n) is 9.55. The Morgan fingerprint density at radius 2 is 2.00 bits per heavy atom. The third-order valence-corrected chi connectivity index (χ3v) is 4.79. The van der Waals surface area contributed by atoms with Gasteiger partial charge in [0, 0.05) is 10.4 Å². The second-order valence-electron chi connectivity index (χ2n) is 5.16. The zero-order valence-corrected chi connectivity index (χ0v) is 11.9. The molecular weight excluding hydrogens is 321 g/mol. The van der Waals surface area contributed by atoms with Crippen molar-refractivity contribution < 1.29 is 9.18 Å². The third kappa shape index (κ3) is 2.28. The van der Waals surface area contributed by atoms with Crippen molar-refractivity contribution in [3.05, 3.63) is 27.4 Å². The first-order chi connectivity index (χ1) is 8.54. The fourth-order valence-electron chi connectivity index (χ4n) is 2.82. The standard InChI is InChI=1S/C13H12BrClFNO/c14-10-4-9(16)5-11(15)12(10)17-13(18)8-2-6-1-7(6)3-8/h4-8H,1-3H2,(H,17,18). The van der Waals surface area contributed by atoms with E-state index in [9.17, 15) is 9.18 Å². The molecule has 3 rings (SSSR count). The maximum atomic E-state index is 13.1. The van der Waals surface area contributed by atoms with Crippen LogP contribution >= 0.6 is 27.5 Å². The topological polar surface area (TPSA) is 29.1 Å². The molecule has 2 saturated carbocycles. The van der Waals surface area contributed by atoms with Crippen LogP contribution in [0.5, 0.6) is 0 Å². The lowest BCUT2D eigenvalue weighted by molar-refractivity contribution is -0.120. The Bertz CT molecular complexity index is 489. The van der Waals surface area contributed by atoms with Gasteiger partial charge in [0.1, 0.15) is 5.82 Å². The number of carbonyl (C=O) groups is 1. The average Bonchev–Trinajstić information content (AvgIpc) is 2.90. The first kappa shape index (κ1) is 12.4. The molecule has 0 radical (unpaired) electrons. The second kappa shape index (κ2) is 4.49. The second-order valence-corrected chi connectivity index (χ2v) is 6.42. The summed E-state index contributed by atoms with van der Waals surface area (Å²) < 4.78 is 13.6. The summed E-state index contributed by atoms with van der Waals surface area (Å²) in [5.41, 5.74) is 0.462. The smallest absolute Gasteiger partial charge is 0.227 e. The van der Waals surface area contributed by atoms with Crippen LogP contribution in [0.1, 0.15) is 19.3 Å². The van der Waals surface area contributed by atoms with E-state index in [0.717, 1.165) is 24.7 Å². The van der Waals surface area contributed by atoms with E-state index in [2.05, 4.69) is 21.2 Å². The number of fused-ring (bicyclic) bond motifs is 1. The number of hydrogen-bond acceptors (Lipinski definition) is 1. The van der Waals surface area contributed by atoms with E-state index in [-0.39, 0.29) is 16.8 Å². The van der Waals surface area contributed by atoms with Gasteiger partial charge >= 0.3 is 0 Å². The van der Waals surface area contributed by atoms with E-state index in [0.29, 0.717) is 10.2 Å². The van der Waals surface area contributed by atoms with Crippen LogP contribution in [-0.4, -0.2) is 5.91 Å². The monoisotopic (exact) mass is 331 g/mol. The van der Waals surface area contributed by atoms with Crippen molar-refractivity contribution in [2.45, 2.75) is 19.3 Å².